The van der Waals surface area contributed by atoms with Gasteiger partial charge in [-0.2, -0.15) is 5.26 Å². The second-order valence-electron chi connectivity index (χ2n) is 7.27. The fraction of sp³-hybridized carbons (Fsp3) is 0.364. The Kier molecular flexibility index (Phi) is 5.45. The second kappa shape index (κ2) is 8.32. The number of amides is 1. The van der Waals surface area contributed by atoms with Crippen molar-refractivity contribution >= 4 is 5.91 Å². The molecule has 4 rings (SSSR count). The summed E-state index contributed by atoms with van der Waals surface area (Å²) in [6.45, 7) is 5.18. The summed E-state index contributed by atoms with van der Waals surface area (Å²) in [4.78, 5) is 15.8. The van der Waals surface area contributed by atoms with Crippen molar-refractivity contribution in [2.45, 2.75) is 13.0 Å². The Balaban J connectivity index is 1.23. The SMILES string of the molecule is N#Cc1ccc(OCC(=O)N2CC[NH+](Cc3ccc4c(c3)CCO4)CC2)cc1. The number of carbonyl (C=O) groups excluding carboxylic acids is 1. The summed E-state index contributed by atoms with van der Waals surface area (Å²) >= 11 is 0. The third-order valence-corrected chi connectivity index (χ3v) is 5.38. The lowest BCUT2D eigenvalue weighted by molar-refractivity contribution is -0.917. The van der Waals surface area contributed by atoms with E-state index in [2.05, 4.69) is 24.3 Å². The lowest BCUT2D eigenvalue weighted by Crippen LogP contribution is -3.13. The molecule has 1 fully saturated rings. The average Bonchev–Trinajstić information content (AvgIpc) is 3.21. The van der Waals surface area contributed by atoms with Gasteiger partial charge in [0.1, 0.15) is 18.0 Å². The fourth-order valence-electron chi connectivity index (χ4n) is 3.75. The van der Waals surface area contributed by atoms with E-state index in [-0.39, 0.29) is 12.5 Å². The van der Waals surface area contributed by atoms with Gasteiger partial charge in [-0.1, -0.05) is 0 Å². The van der Waals surface area contributed by atoms with E-state index in [0.717, 1.165) is 51.5 Å². The predicted octanol–water partition coefficient (Wildman–Crippen LogP) is 0.799. The minimum absolute atomic E-state index is 0.0121. The molecule has 2 aromatic rings. The van der Waals surface area contributed by atoms with Gasteiger partial charge < -0.3 is 19.3 Å². The molecular formula is C22H24N3O3+. The van der Waals surface area contributed by atoms with Gasteiger partial charge in [0.2, 0.25) is 0 Å². The highest BCUT2D eigenvalue weighted by molar-refractivity contribution is 5.77. The van der Waals surface area contributed by atoms with E-state index in [1.165, 1.54) is 16.0 Å². The maximum absolute atomic E-state index is 12.4. The molecule has 0 atom stereocenters. The summed E-state index contributed by atoms with van der Waals surface area (Å²) in [5.74, 6) is 1.65. The monoisotopic (exact) mass is 378 g/mol. The number of carbonyl (C=O) groups is 1. The maximum Gasteiger partial charge on any atom is 0.260 e. The Morgan fingerprint density at radius 1 is 1.18 bits per heavy atom. The van der Waals surface area contributed by atoms with Crippen LogP contribution in [0, 0.1) is 11.3 Å². The third kappa shape index (κ3) is 4.26. The molecule has 2 aliphatic rings. The molecule has 2 aromatic carbocycles. The van der Waals surface area contributed by atoms with Crippen LogP contribution < -0.4 is 14.4 Å². The van der Waals surface area contributed by atoms with Gasteiger partial charge in [0.15, 0.2) is 6.61 Å². The molecule has 1 amide bonds. The van der Waals surface area contributed by atoms with Crippen LogP contribution in [0.5, 0.6) is 11.5 Å². The lowest BCUT2D eigenvalue weighted by Gasteiger charge is -2.32. The number of piperazine rings is 1. The van der Waals surface area contributed by atoms with Crippen LogP contribution in [-0.4, -0.2) is 50.2 Å². The second-order valence-corrected chi connectivity index (χ2v) is 7.27. The van der Waals surface area contributed by atoms with E-state index >= 15 is 0 Å². The molecule has 0 radical (unpaired) electrons. The highest BCUT2D eigenvalue weighted by Gasteiger charge is 2.24. The molecule has 6 nitrogen and oxygen atoms in total. The lowest BCUT2D eigenvalue weighted by atomic mass is 10.1. The van der Waals surface area contributed by atoms with E-state index in [4.69, 9.17) is 14.7 Å². The summed E-state index contributed by atoms with van der Waals surface area (Å²) in [7, 11) is 0. The first-order valence-electron chi connectivity index (χ1n) is 9.70. The first kappa shape index (κ1) is 18.3. The molecule has 0 bridgehead atoms. The van der Waals surface area contributed by atoms with Crippen molar-refractivity contribution in [1.29, 1.82) is 5.26 Å². The zero-order valence-corrected chi connectivity index (χ0v) is 15.8. The molecule has 0 aliphatic carbocycles. The number of quaternary nitrogens is 1. The summed E-state index contributed by atoms with van der Waals surface area (Å²) < 4.78 is 11.1. The van der Waals surface area contributed by atoms with Crippen LogP contribution in [0.25, 0.3) is 0 Å². The van der Waals surface area contributed by atoms with Gasteiger partial charge in [0.05, 0.1) is 44.4 Å². The van der Waals surface area contributed by atoms with Gasteiger partial charge in [0, 0.05) is 12.0 Å². The van der Waals surface area contributed by atoms with Gasteiger partial charge in [-0.05, 0) is 48.0 Å². The molecule has 144 valence electrons. The number of nitrogens with one attached hydrogen (secondary N) is 1. The van der Waals surface area contributed by atoms with E-state index < -0.39 is 0 Å². The molecule has 28 heavy (non-hydrogen) atoms. The third-order valence-electron chi connectivity index (χ3n) is 5.38. The van der Waals surface area contributed by atoms with Crippen LogP contribution in [0.1, 0.15) is 16.7 Å². The van der Waals surface area contributed by atoms with E-state index in [9.17, 15) is 4.79 Å². The van der Waals surface area contributed by atoms with Crippen molar-refractivity contribution in [3.05, 3.63) is 59.2 Å². The number of nitriles is 1. The van der Waals surface area contributed by atoms with Crippen molar-refractivity contribution in [3.8, 4) is 17.6 Å². The Labute approximate surface area is 164 Å². The molecule has 0 aromatic heterocycles. The van der Waals surface area contributed by atoms with E-state index in [1.807, 2.05) is 4.90 Å². The number of ether oxygens (including phenoxy) is 2. The molecule has 2 aliphatic heterocycles. The van der Waals surface area contributed by atoms with Crippen LogP contribution >= 0.6 is 0 Å². The van der Waals surface area contributed by atoms with Crippen LogP contribution in [0.2, 0.25) is 0 Å². The number of fused-ring (bicyclic) bond motifs is 1. The predicted molar refractivity (Wildman–Crippen MR) is 103 cm³/mol. The first-order chi connectivity index (χ1) is 13.7. The minimum atomic E-state index is 0.0121. The van der Waals surface area contributed by atoms with Gasteiger partial charge >= 0.3 is 0 Å². The highest BCUT2D eigenvalue weighted by Crippen LogP contribution is 2.25. The summed E-state index contributed by atoms with van der Waals surface area (Å²) in [6.07, 6.45) is 1.00. The molecule has 1 saturated heterocycles. The molecule has 6 heteroatoms. The zero-order chi connectivity index (χ0) is 19.3. The van der Waals surface area contributed by atoms with E-state index in [1.54, 1.807) is 24.3 Å². The van der Waals surface area contributed by atoms with Crippen molar-refractivity contribution < 1.29 is 19.2 Å². The summed E-state index contributed by atoms with van der Waals surface area (Å²) in [6, 6.07) is 15.4. The van der Waals surface area contributed by atoms with Crippen LogP contribution in [0.3, 0.4) is 0 Å². The Hall–Kier alpha value is -3.04. The van der Waals surface area contributed by atoms with E-state index in [0.29, 0.717) is 11.3 Å². The van der Waals surface area contributed by atoms with Crippen molar-refractivity contribution in [2.24, 2.45) is 0 Å². The van der Waals surface area contributed by atoms with Crippen molar-refractivity contribution in [1.82, 2.24) is 4.90 Å². The minimum Gasteiger partial charge on any atom is -0.493 e. The number of nitrogens with zero attached hydrogens (tertiary/aromatic N) is 2. The van der Waals surface area contributed by atoms with Crippen molar-refractivity contribution in [2.75, 3.05) is 39.4 Å². The molecule has 1 N–H and O–H groups in total. The standard InChI is InChI=1S/C22H23N3O3/c23-14-17-1-4-20(5-2-17)28-16-22(26)25-10-8-24(9-11-25)15-18-3-6-21-19(13-18)7-12-27-21/h1-6,13H,7-12,15-16H2/p+1. The van der Waals surface area contributed by atoms with Crippen LogP contribution in [0.4, 0.5) is 0 Å². The summed E-state index contributed by atoms with van der Waals surface area (Å²) in [5, 5.41) is 8.81. The quantitative estimate of drug-likeness (QED) is 0.836. The number of hydrogen-bond acceptors (Lipinski definition) is 4. The van der Waals surface area contributed by atoms with Gasteiger partial charge in [-0.3, -0.25) is 4.79 Å². The Bertz CT molecular complexity index is 881. The Morgan fingerprint density at radius 2 is 1.96 bits per heavy atom. The highest BCUT2D eigenvalue weighted by atomic mass is 16.5. The first-order valence-corrected chi connectivity index (χ1v) is 9.70. The van der Waals surface area contributed by atoms with Crippen molar-refractivity contribution in [3.63, 3.8) is 0 Å². The molecule has 0 unspecified atom stereocenters. The Morgan fingerprint density at radius 3 is 2.71 bits per heavy atom. The van der Waals surface area contributed by atoms with Crippen LogP contribution in [-0.2, 0) is 17.8 Å². The maximum atomic E-state index is 12.4. The molecule has 0 saturated carbocycles. The average molecular weight is 378 g/mol. The van der Waals surface area contributed by atoms with Gasteiger partial charge in [0.25, 0.3) is 5.91 Å². The molecule has 0 spiro atoms. The number of hydrogen-bond donors (Lipinski definition) is 1. The number of benzene rings is 2. The fourth-order valence-corrected chi connectivity index (χ4v) is 3.75. The zero-order valence-electron chi connectivity index (χ0n) is 15.8. The summed E-state index contributed by atoms with van der Waals surface area (Å²) in [5.41, 5.74) is 3.22. The largest absolute Gasteiger partial charge is 0.493 e. The molecule has 2 heterocycles. The smallest absolute Gasteiger partial charge is 0.260 e. The number of rotatable bonds is 5. The normalized spacial score (nSPS) is 16.2. The van der Waals surface area contributed by atoms with Gasteiger partial charge in [-0.25, -0.2) is 0 Å². The topological polar surface area (TPSA) is 67.0 Å². The van der Waals surface area contributed by atoms with Gasteiger partial charge in [-0.15, -0.1) is 0 Å². The molecular weight excluding hydrogens is 354 g/mol. The van der Waals surface area contributed by atoms with Crippen LogP contribution in [0.15, 0.2) is 42.5 Å².